The topological polar surface area (TPSA) is 44.1 Å². The monoisotopic (exact) mass is 414 g/mol. The van der Waals surface area contributed by atoms with Crippen LogP contribution in [0.5, 0.6) is 5.75 Å². The first-order valence-electron chi connectivity index (χ1n) is 10.1. The summed E-state index contributed by atoms with van der Waals surface area (Å²) in [5.41, 5.74) is 4.48. The number of aryl methyl sites for hydroxylation is 2. The summed E-state index contributed by atoms with van der Waals surface area (Å²) in [5.74, 6) is 1.64. The molecule has 5 heteroatoms. The molecule has 0 bridgehead atoms. The molecule has 0 unspecified atom stereocenters. The minimum atomic E-state index is 0.0879. The molecule has 0 radical (unpaired) electrons. The van der Waals surface area contributed by atoms with Crippen molar-refractivity contribution in [3.05, 3.63) is 92.3 Å². The van der Waals surface area contributed by atoms with Crippen LogP contribution in [0.15, 0.2) is 59.4 Å². The maximum absolute atomic E-state index is 13.0. The second-order valence-corrected chi connectivity index (χ2v) is 8.82. The van der Waals surface area contributed by atoms with E-state index in [1.165, 1.54) is 0 Å². The molecule has 1 aliphatic heterocycles. The lowest BCUT2D eigenvalue weighted by Gasteiger charge is -2.07. The minimum absolute atomic E-state index is 0.0879. The third kappa shape index (κ3) is 3.35. The van der Waals surface area contributed by atoms with Gasteiger partial charge in [-0.05, 0) is 60.7 Å². The van der Waals surface area contributed by atoms with E-state index in [1.807, 2.05) is 54.0 Å². The quantitative estimate of drug-likeness (QED) is 0.437. The van der Waals surface area contributed by atoms with Crippen molar-refractivity contribution in [2.75, 3.05) is 0 Å². The Morgan fingerprint density at radius 3 is 2.63 bits per heavy atom. The molecular formula is C25H22N2O2S. The van der Waals surface area contributed by atoms with Gasteiger partial charge in [0.1, 0.15) is 23.0 Å². The van der Waals surface area contributed by atoms with Crippen molar-refractivity contribution in [3.8, 4) is 5.75 Å². The van der Waals surface area contributed by atoms with E-state index in [0.717, 1.165) is 55.4 Å². The highest BCUT2D eigenvalue weighted by atomic mass is 32.1. The van der Waals surface area contributed by atoms with Gasteiger partial charge in [0.15, 0.2) is 0 Å². The summed E-state index contributed by atoms with van der Waals surface area (Å²) < 4.78 is 7.70. The minimum Gasteiger partial charge on any atom is -0.489 e. The molecule has 0 atom stereocenters. The molecule has 4 aromatic rings. The van der Waals surface area contributed by atoms with Gasteiger partial charge in [-0.1, -0.05) is 42.5 Å². The van der Waals surface area contributed by atoms with Crippen molar-refractivity contribution in [1.29, 1.82) is 0 Å². The van der Waals surface area contributed by atoms with E-state index in [-0.39, 0.29) is 5.56 Å². The smallest absolute Gasteiger partial charge is 0.262 e. The molecule has 3 heterocycles. The number of aromatic nitrogens is 2. The van der Waals surface area contributed by atoms with E-state index in [4.69, 9.17) is 9.72 Å². The molecule has 0 amide bonds. The van der Waals surface area contributed by atoms with Crippen LogP contribution in [0, 0.1) is 13.8 Å². The van der Waals surface area contributed by atoms with Gasteiger partial charge in [0.05, 0.1) is 5.39 Å². The molecule has 150 valence electrons. The Labute approximate surface area is 179 Å². The normalized spacial score (nSPS) is 14.4. The summed E-state index contributed by atoms with van der Waals surface area (Å²) in [6.45, 7) is 5.30. The maximum Gasteiger partial charge on any atom is 0.262 e. The SMILES string of the molecule is Cc1sc2nc3n(c(=O)c2c1C)CC/C3=C/c1ccc(OCc2ccccc2)cc1. The zero-order chi connectivity index (χ0) is 20.7. The van der Waals surface area contributed by atoms with Crippen LogP contribution in [0.3, 0.4) is 0 Å². The van der Waals surface area contributed by atoms with Gasteiger partial charge in [0.25, 0.3) is 5.56 Å². The number of hydrogen-bond donors (Lipinski definition) is 0. The predicted molar refractivity (Wildman–Crippen MR) is 123 cm³/mol. The molecule has 30 heavy (non-hydrogen) atoms. The number of hydrogen-bond acceptors (Lipinski definition) is 4. The maximum atomic E-state index is 13.0. The number of benzene rings is 2. The van der Waals surface area contributed by atoms with Crippen LogP contribution >= 0.6 is 11.3 Å². The number of rotatable bonds is 4. The number of thiophene rings is 1. The summed E-state index contributed by atoms with van der Waals surface area (Å²) in [4.78, 5) is 19.8. The highest BCUT2D eigenvalue weighted by Gasteiger charge is 2.23. The Morgan fingerprint density at radius 1 is 1.10 bits per heavy atom. The van der Waals surface area contributed by atoms with E-state index < -0.39 is 0 Å². The van der Waals surface area contributed by atoms with Gasteiger partial charge in [-0.15, -0.1) is 11.3 Å². The Morgan fingerprint density at radius 2 is 1.87 bits per heavy atom. The largest absolute Gasteiger partial charge is 0.489 e. The zero-order valence-electron chi connectivity index (χ0n) is 17.0. The first kappa shape index (κ1) is 18.8. The summed E-state index contributed by atoms with van der Waals surface area (Å²) in [6.07, 6.45) is 2.95. The Kier molecular flexibility index (Phi) is 4.75. The van der Waals surface area contributed by atoms with E-state index in [9.17, 15) is 4.79 Å². The number of allylic oxidation sites excluding steroid dienone is 1. The summed E-state index contributed by atoms with van der Waals surface area (Å²) in [7, 11) is 0. The highest BCUT2D eigenvalue weighted by Crippen LogP contribution is 2.32. The molecule has 2 aromatic heterocycles. The van der Waals surface area contributed by atoms with Gasteiger partial charge in [0, 0.05) is 11.4 Å². The van der Waals surface area contributed by atoms with Crippen molar-refractivity contribution in [1.82, 2.24) is 9.55 Å². The molecule has 5 rings (SSSR count). The van der Waals surface area contributed by atoms with Crippen molar-refractivity contribution in [3.63, 3.8) is 0 Å². The fourth-order valence-electron chi connectivity index (χ4n) is 3.86. The molecule has 2 aromatic carbocycles. The zero-order valence-corrected chi connectivity index (χ0v) is 17.8. The number of ether oxygens (including phenoxy) is 1. The highest BCUT2D eigenvalue weighted by molar-refractivity contribution is 7.18. The van der Waals surface area contributed by atoms with Crippen molar-refractivity contribution in [2.45, 2.75) is 33.4 Å². The lowest BCUT2D eigenvalue weighted by atomic mass is 10.1. The van der Waals surface area contributed by atoms with Gasteiger partial charge >= 0.3 is 0 Å². The van der Waals surface area contributed by atoms with Gasteiger partial charge in [-0.2, -0.15) is 0 Å². The molecule has 0 saturated heterocycles. The lowest BCUT2D eigenvalue weighted by Crippen LogP contribution is -2.20. The van der Waals surface area contributed by atoms with E-state index in [2.05, 4.69) is 25.1 Å². The van der Waals surface area contributed by atoms with E-state index >= 15 is 0 Å². The third-order valence-electron chi connectivity index (χ3n) is 5.65. The van der Waals surface area contributed by atoms with Gasteiger partial charge in [0.2, 0.25) is 0 Å². The molecule has 0 saturated carbocycles. The average Bonchev–Trinajstić information content (AvgIpc) is 3.29. The first-order chi connectivity index (χ1) is 14.6. The van der Waals surface area contributed by atoms with Crippen molar-refractivity contribution < 1.29 is 4.74 Å². The Hall–Kier alpha value is -3.18. The van der Waals surface area contributed by atoms with Crippen LogP contribution in [-0.4, -0.2) is 9.55 Å². The van der Waals surface area contributed by atoms with Crippen LogP contribution < -0.4 is 10.3 Å². The Bertz CT molecular complexity index is 1320. The molecule has 0 N–H and O–H groups in total. The van der Waals surface area contributed by atoms with E-state index in [1.54, 1.807) is 11.3 Å². The molecular weight excluding hydrogens is 392 g/mol. The molecule has 1 aliphatic rings. The molecule has 0 aliphatic carbocycles. The van der Waals surface area contributed by atoms with Crippen LogP contribution in [0.4, 0.5) is 0 Å². The van der Waals surface area contributed by atoms with Crippen LogP contribution in [0.25, 0.3) is 21.9 Å². The van der Waals surface area contributed by atoms with Crippen LogP contribution in [0.1, 0.15) is 33.8 Å². The van der Waals surface area contributed by atoms with Crippen molar-refractivity contribution >= 4 is 33.2 Å². The number of nitrogens with zero attached hydrogens (tertiary/aromatic N) is 2. The second kappa shape index (κ2) is 7.58. The van der Waals surface area contributed by atoms with E-state index in [0.29, 0.717) is 13.2 Å². The second-order valence-electron chi connectivity index (χ2n) is 7.62. The van der Waals surface area contributed by atoms with Gasteiger partial charge in [-0.25, -0.2) is 4.98 Å². The van der Waals surface area contributed by atoms with Gasteiger partial charge in [-0.3, -0.25) is 9.36 Å². The third-order valence-corrected chi connectivity index (χ3v) is 6.75. The Balaban J connectivity index is 1.40. The lowest BCUT2D eigenvalue weighted by molar-refractivity contribution is 0.306. The molecule has 0 spiro atoms. The summed E-state index contributed by atoms with van der Waals surface area (Å²) in [5, 5.41) is 0.780. The molecule has 4 nitrogen and oxygen atoms in total. The predicted octanol–water partition coefficient (Wildman–Crippen LogP) is 5.60. The summed E-state index contributed by atoms with van der Waals surface area (Å²) in [6, 6.07) is 18.2. The van der Waals surface area contributed by atoms with Crippen LogP contribution in [0.2, 0.25) is 0 Å². The molecule has 0 fully saturated rings. The standard InChI is InChI=1S/C25H22N2O2S/c1-16-17(2)30-24-22(16)25(28)27-13-12-20(23(27)26-24)14-18-8-10-21(11-9-18)29-15-19-6-4-3-5-7-19/h3-11,14H,12-13,15H2,1-2H3/b20-14-. The summed E-state index contributed by atoms with van der Waals surface area (Å²) >= 11 is 1.60. The van der Waals surface area contributed by atoms with Gasteiger partial charge < -0.3 is 4.74 Å². The fourth-order valence-corrected chi connectivity index (χ4v) is 4.88. The van der Waals surface area contributed by atoms with Crippen LogP contribution in [-0.2, 0) is 13.2 Å². The average molecular weight is 415 g/mol. The fraction of sp³-hybridized carbons (Fsp3) is 0.200. The van der Waals surface area contributed by atoms with Crippen molar-refractivity contribution in [2.24, 2.45) is 0 Å². The first-order valence-corrected chi connectivity index (χ1v) is 10.9. The number of fused-ring (bicyclic) bond motifs is 2.